The summed E-state index contributed by atoms with van der Waals surface area (Å²) in [5, 5.41) is 8.71. The van der Waals surface area contributed by atoms with Crippen LogP contribution in [0.1, 0.15) is 11.3 Å². The first-order valence-corrected chi connectivity index (χ1v) is 4.73. The molecule has 0 aliphatic carbocycles. The Morgan fingerprint density at radius 2 is 2.55 bits per heavy atom. The predicted molar refractivity (Wildman–Crippen MR) is 45.3 cm³/mol. The molecule has 1 aromatic rings. The van der Waals surface area contributed by atoms with Crippen LogP contribution in [-0.2, 0) is 12.3 Å². The van der Waals surface area contributed by atoms with E-state index in [9.17, 15) is 0 Å². The summed E-state index contributed by atoms with van der Waals surface area (Å²) in [6, 6.07) is 4.10. The van der Waals surface area contributed by atoms with Gasteiger partial charge in [-0.1, -0.05) is 0 Å². The molecule has 0 fully saturated rings. The highest BCUT2D eigenvalue weighted by Crippen LogP contribution is 2.22. The third-order valence-electron chi connectivity index (χ3n) is 1.91. The molecule has 0 unspecified atom stereocenters. The van der Waals surface area contributed by atoms with E-state index in [-0.39, 0.29) is 0 Å². The van der Waals surface area contributed by atoms with Crippen LogP contribution in [0.15, 0.2) is 12.3 Å². The Morgan fingerprint density at radius 3 is 3.36 bits per heavy atom. The number of nitriles is 1. The molecule has 0 saturated heterocycles. The van der Waals surface area contributed by atoms with E-state index in [2.05, 4.69) is 10.6 Å². The molecule has 2 heterocycles. The highest BCUT2D eigenvalue weighted by atomic mass is 32.2. The zero-order valence-electron chi connectivity index (χ0n) is 6.08. The molecule has 1 aromatic heterocycles. The molecule has 0 N–H and O–H groups in total. The fraction of sp³-hybridized carbons (Fsp3) is 0.375. The van der Waals surface area contributed by atoms with Gasteiger partial charge in [-0.25, -0.2) is 0 Å². The number of hydrogen-bond acceptors (Lipinski definition) is 2. The number of aromatic nitrogens is 1. The van der Waals surface area contributed by atoms with Crippen molar-refractivity contribution in [1.29, 1.82) is 5.26 Å². The minimum absolute atomic E-state index is 0.845. The Hall–Kier alpha value is -0.880. The van der Waals surface area contributed by atoms with E-state index in [1.807, 2.05) is 24.0 Å². The maximum atomic E-state index is 8.71. The molecule has 0 aromatic carbocycles. The number of rotatable bonds is 0. The Balaban J connectivity index is 2.48. The van der Waals surface area contributed by atoms with Crippen LogP contribution in [0.2, 0.25) is 0 Å². The van der Waals surface area contributed by atoms with E-state index in [1.165, 1.54) is 11.4 Å². The molecular formula is C8H8N2S. The molecule has 3 heteroatoms. The number of nitrogens with zero attached hydrogens (tertiary/aromatic N) is 2. The molecule has 0 radical (unpaired) electrons. The molecule has 2 nitrogen and oxygen atoms in total. The van der Waals surface area contributed by atoms with Gasteiger partial charge in [0.2, 0.25) is 0 Å². The zero-order chi connectivity index (χ0) is 7.68. The quantitative estimate of drug-likeness (QED) is 0.582. The number of hydrogen-bond donors (Lipinski definition) is 0. The van der Waals surface area contributed by atoms with E-state index in [4.69, 9.17) is 5.26 Å². The minimum Gasteiger partial charge on any atom is -0.349 e. The van der Waals surface area contributed by atoms with Gasteiger partial charge in [-0.2, -0.15) is 17.0 Å². The Bertz CT molecular complexity index is 308. The Labute approximate surface area is 69.8 Å². The van der Waals surface area contributed by atoms with Crippen molar-refractivity contribution in [3.63, 3.8) is 0 Å². The van der Waals surface area contributed by atoms with Crippen LogP contribution in [-0.4, -0.2) is 10.3 Å². The second-order valence-electron chi connectivity index (χ2n) is 2.53. The van der Waals surface area contributed by atoms with Crippen molar-refractivity contribution < 1.29 is 0 Å². The monoisotopic (exact) mass is 164 g/mol. The number of fused-ring (bicyclic) bond motifs is 1. The number of thioether (sulfide) groups is 1. The van der Waals surface area contributed by atoms with Crippen molar-refractivity contribution in [2.75, 3.05) is 5.75 Å². The van der Waals surface area contributed by atoms with Gasteiger partial charge in [-0.15, -0.1) is 0 Å². The molecular weight excluding hydrogens is 156 g/mol. The molecule has 2 rings (SSSR count). The van der Waals surface area contributed by atoms with Crippen molar-refractivity contribution in [3.05, 3.63) is 23.5 Å². The molecule has 11 heavy (non-hydrogen) atoms. The molecule has 0 saturated carbocycles. The summed E-state index contributed by atoms with van der Waals surface area (Å²) in [6.07, 6.45) is 2.01. The van der Waals surface area contributed by atoms with Crippen molar-refractivity contribution in [3.8, 4) is 6.07 Å². The van der Waals surface area contributed by atoms with Crippen LogP contribution in [0.4, 0.5) is 0 Å². The molecule has 0 amide bonds. The summed E-state index contributed by atoms with van der Waals surface area (Å²) in [5.74, 6) is 2.17. The standard InChI is InChI=1S/C8H8N2S/c9-5-7-1-2-10-3-4-11-6-8(7)10/h1-2H,3-4,6H2. The second kappa shape index (κ2) is 2.63. The third kappa shape index (κ3) is 1.04. The number of aryl methyl sites for hydroxylation is 1. The lowest BCUT2D eigenvalue weighted by atomic mass is 10.3. The van der Waals surface area contributed by atoms with Gasteiger partial charge in [0.1, 0.15) is 6.07 Å². The van der Waals surface area contributed by atoms with E-state index in [0.29, 0.717) is 0 Å². The van der Waals surface area contributed by atoms with Crippen LogP contribution >= 0.6 is 11.8 Å². The molecule has 0 bridgehead atoms. The molecule has 56 valence electrons. The summed E-state index contributed by atoms with van der Waals surface area (Å²) in [5.41, 5.74) is 2.04. The van der Waals surface area contributed by atoms with Crippen molar-refractivity contribution in [2.45, 2.75) is 12.3 Å². The molecule has 1 aliphatic rings. The Kier molecular flexibility index (Phi) is 1.63. The first kappa shape index (κ1) is 6.81. The van der Waals surface area contributed by atoms with E-state index in [1.54, 1.807) is 0 Å². The van der Waals surface area contributed by atoms with Crippen LogP contribution in [0.25, 0.3) is 0 Å². The van der Waals surface area contributed by atoms with Gasteiger partial charge < -0.3 is 4.57 Å². The third-order valence-corrected chi connectivity index (χ3v) is 2.86. The van der Waals surface area contributed by atoms with Gasteiger partial charge in [-0.3, -0.25) is 0 Å². The van der Waals surface area contributed by atoms with Crippen molar-refractivity contribution in [2.24, 2.45) is 0 Å². The summed E-state index contributed by atoms with van der Waals surface area (Å²) in [4.78, 5) is 0. The van der Waals surface area contributed by atoms with Gasteiger partial charge in [0.25, 0.3) is 0 Å². The maximum absolute atomic E-state index is 8.71. The van der Waals surface area contributed by atoms with Crippen LogP contribution in [0.5, 0.6) is 0 Å². The summed E-state index contributed by atoms with van der Waals surface area (Å²) in [6.45, 7) is 1.06. The van der Waals surface area contributed by atoms with Crippen molar-refractivity contribution >= 4 is 11.8 Å². The van der Waals surface area contributed by atoms with Crippen LogP contribution in [0.3, 0.4) is 0 Å². The average Bonchev–Trinajstić information content (AvgIpc) is 2.47. The molecule has 1 aliphatic heterocycles. The lowest BCUT2D eigenvalue weighted by Crippen LogP contribution is -2.09. The fourth-order valence-corrected chi connectivity index (χ4v) is 2.29. The van der Waals surface area contributed by atoms with Crippen LogP contribution < -0.4 is 0 Å². The van der Waals surface area contributed by atoms with Gasteiger partial charge in [-0.05, 0) is 6.07 Å². The van der Waals surface area contributed by atoms with Gasteiger partial charge in [0, 0.05) is 29.9 Å². The lowest BCUT2D eigenvalue weighted by molar-refractivity contribution is 0.731. The highest BCUT2D eigenvalue weighted by molar-refractivity contribution is 7.98. The first-order chi connectivity index (χ1) is 5.42. The topological polar surface area (TPSA) is 28.7 Å². The SMILES string of the molecule is N#Cc1ccn2c1CSCC2. The zero-order valence-corrected chi connectivity index (χ0v) is 6.90. The molecule has 0 spiro atoms. The van der Waals surface area contributed by atoms with E-state index >= 15 is 0 Å². The van der Waals surface area contributed by atoms with Crippen molar-refractivity contribution in [1.82, 2.24) is 4.57 Å². The van der Waals surface area contributed by atoms with Gasteiger partial charge in [0.05, 0.1) is 5.56 Å². The van der Waals surface area contributed by atoms with Crippen LogP contribution in [0, 0.1) is 11.3 Å². The van der Waals surface area contributed by atoms with E-state index < -0.39 is 0 Å². The maximum Gasteiger partial charge on any atom is 0.101 e. The Morgan fingerprint density at radius 1 is 1.64 bits per heavy atom. The minimum atomic E-state index is 0.845. The summed E-state index contributed by atoms with van der Waals surface area (Å²) >= 11 is 1.90. The van der Waals surface area contributed by atoms with E-state index in [0.717, 1.165) is 17.9 Å². The molecule has 0 atom stereocenters. The van der Waals surface area contributed by atoms with Gasteiger partial charge in [0.15, 0.2) is 0 Å². The summed E-state index contributed by atoms with van der Waals surface area (Å²) < 4.78 is 2.18. The summed E-state index contributed by atoms with van der Waals surface area (Å²) in [7, 11) is 0. The lowest BCUT2D eigenvalue weighted by Gasteiger charge is -2.14. The fourth-order valence-electron chi connectivity index (χ4n) is 1.31. The van der Waals surface area contributed by atoms with Gasteiger partial charge >= 0.3 is 0 Å². The highest BCUT2D eigenvalue weighted by Gasteiger charge is 2.12. The smallest absolute Gasteiger partial charge is 0.101 e. The second-order valence-corrected chi connectivity index (χ2v) is 3.64. The average molecular weight is 164 g/mol. The largest absolute Gasteiger partial charge is 0.349 e. The normalized spacial score (nSPS) is 15.5. The predicted octanol–water partition coefficient (Wildman–Crippen LogP) is 1.61. The first-order valence-electron chi connectivity index (χ1n) is 3.57.